The van der Waals surface area contributed by atoms with E-state index in [1.807, 2.05) is 51.1 Å². The highest BCUT2D eigenvalue weighted by Gasteiger charge is 2.45. The van der Waals surface area contributed by atoms with Gasteiger partial charge in [0.2, 0.25) is 10.0 Å². The molecule has 2 aliphatic rings. The molecule has 2 heterocycles. The average molecular weight is 400 g/mol. The van der Waals surface area contributed by atoms with Gasteiger partial charge in [0.1, 0.15) is 11.4 Å². The summed E-state index contributed by atoms with van der Waals surface area (Å²) < 4.78 is 34.3. The smallest absolute Gasteiger partial charge is 0.243 e. The second-order valence-electron chi connectivity index (χ2n) is 8.01. The van der Waals surface area contributed by atoms with E-state index in [1.54, 1.807) is 6.07 Å². The lowest BCUT2D eigenvalue weighted by molar-refractivity contribution is 0.00591. The summed E-state index contributed by atoms with van der Waals surface area (Å²) in [6.45, 7) is 6.36. The Morgan fingerprint density at radius 1 is 1.00 bits per heavy atom. The molecule has 1 spiro atoms. The molecule has 0 saturated carbocycles. The van der Waals surface area contributed by atoms with Crippen LogP contribution in [0.25, 0.3) is 0 Å². The first-order valence-corrected chi connectivity index (χ1v) is 11.1. The zero-order valence-electron chi connectivity index (χ0n) is 16.5. The van der Waals surface area contributed by atoms with Gasteiger partial charge in [-0.3, -0.25) is 4.79 Å². The van der Waals surface area contributed by atoms with Gasteiger partial charge in [-0.2, -0.15) is 4.31 Å². The summed E-state index contributed by atoms with van der Waals surface area (Å²) in [4.78, 5) is 13.0. The lowest BCUT2D eigenvalue weighted by Gasteiger charge is -2.43. The monoisotopic (exact) mass is 399 g/mol. The van der Waals surface area contributed by atoms with Crippen LogP contribution in [0.2, 0.25) is 0 Å². The molecule has 0 aromatic heterocycles. The molecule has 28 heavy (non-hydrogen) atoms. The summed E-state index contributed by atoms with van der Waals surface area (Å²) in [6, 6.07) is 11.1. The highest BCUT2D eigenvalue weighted by molar-refractivity contribution is 7.89. The van der Waals surface area contributed by atoms with Crippen LogP contribution in [0.15, 0.2) is 41.3 Å². The van der Waals surface area contributed by atoms with Crippen molar-refractivity contribution in [2.24, 2.45) is 0 Å². The molecule has 0 bridgehead atoms. The Labute approximate surface area is 166 Å². The number of rotatable bonds is 2. The van der Waals surface area contributed by atoms with Crippen LogP contribution in [-0.2, 0) is 10.0 Å². The third-order valence-electron chi connectivity index (χ3n) is 5.83. The zero-order chi connectivity index (χ0) is 20.1. The van der Waals surface area contributed by atoms with Crippen molar-refractivity contribution in [3.05, 3.63) is 58.7 Å². The van der Waals surface area contributed by atoms with Crippen LogP contribution in [0.5, 0.6) is 5.75 Å². The van der Waals surface area contributed by atoms with E-state index in [2.05, 4.69) is 0 Å². The largest absolute Gasteiger partial charge is 0.486 e. The van der Waals surface area contributed by atoms with Crippen LogP contribution in [0.3, 0.4) is 0 Å². The van der Waals surface area contributed by atoms with Gasteiger partial charge in [-0.25, -0.2) is 8.42 Å². The Kier molecular flexibility index (Phi) is 4.59. The number of piperidine rings is 1. The lowest BCUT2D eigenvalue weighted by Crippen LogP contribution is -2.52. The van der Waals surface area contributed by atoms with Crippen molar-refractivity contribution in [1.82, 2.24) is 4.31 Å². The molecule has 5 nitrogen and oxygen atoms in total. The predicted octanol–water partition coefficient (Wildman–Crippen LogP) is 3.80. The second-order valence-corrected chi connectivity index (χ2v) is 9.89. The number of hydrogen-bond donors (Lipinski definition) is 0. The van der Waals surface area contributed by atoms with E-state index in [4.69, 9.17) is 4.74 Å². The number of Topliss-reactive ketones (excluding diaryl/α,β-unsaturated/α-hetero) is 1. The Hall–Kier alpha value is -2.18. The van der Waals surface area contributed by atoms with Gasteiger partial charge in [0.05, 0.1) is 16.9 Å². The number of sulfonamides is 1. The fraction of sp³-hybridized carbons (Fsp3) is 0.409. The normalized spacial score (nSPS) is 19.3. The summed E-state index contributed by atoms with van der Waals surface area (Å²) in [5.41, 5.74) is 2.62. The van der Waals surface area contributed by atoms with Crippen LogP contribution < -0.4 is 4.74 Å². The number of para-hydroxylation sites is 1. The number of ether oxygens (including phenoxy) is 1. The van der Waals surface area contributed by atoms with Gasteiger partial charge >= 0.3 is 0 Å². The Balaban J connectivity index is 1.57. The number of benzene rings is 2. The maximum absolute atomic E-state index is 13.3. The molecule has 0 atom stereocenters. The van der Waals surface area contributed by atoms with E-state index in [0.29, 0.717) is 48.6 Å². The fourth-order valence-electron chi connectivity index (χ4n) is 4.56. The number of fused-ring (bicyclic) bond motifs is 1. The molecule has 6 heteroatoms. The lowest BCUT2D eigenvalue weighted by atomic mass is 9.83. The third kappa shape index (κ3) is 3.14. The summed E-state index contributed by atoms with van der Waals surface area (Å²) >= 11 is 0. The van der Waals surface area contributed by atoms with E-state index in [9.17, 15) is 13.2 Å². The summed E-state index contributed by atoms with van der Waals surface area (Å²) in [5, 5.41) is 0. The predicted molar refractivity (Wildman–Crippen MR) is 107 cm³/mol. The summed E-state index contributed by atoms with van der Waals surface area (Å²) in [6.07, 6.45) is 1.33. The van der Waals surface area contributed by atoms with Crippen molar-refractivity contribution in [3.63, 3.8) is 0 Å². The maximum Gasteiger partial charge on any atom is 0.243 e. The standard InChI is InChI=1S/C22H25NO4S/c1-15-12-16(2)21(17(3)13-15)28(25,26)23-10-8-22(9-11-23)14-19(24)18-6-4-5-7-20(18)27-22/h4-7,12-13H,8-11,14H2,1-3H3. The van der Waals surface area contributed by atoms with E-state index in [0.717, 1.165) is 16.7 Å². The molecule has 2 aliphatic heterocycles. The average Bonchev–Trinajstić information content (AvgIpc) is 2.61. The third-order valence-corrected chi connectivity index (χ3v) is 8.04. The molecular weight excluding hydrogens is 374 g/mol. The minimum atomic E-state index is -3.58. The maximum atomic E-state index is 13.3. The SMILES string of the molecule is Cc1cc(C)c(S(=O)(=O)N2CCC3(CC2)CC(=O)c2ccccc2O3)c(C)c1. The first kappa shape index (κ1) is 19.2. The number of aryl methyl sites for hydroxylation is 3. The number of carbonyl (C=O) groups is 1. The van der Waals surface area contributed by atoms with Crippen molar-refractivity contribution in [3.8, 4) is 5.75 Å². The Morgan fingerprint density at radius 3 is 2.25 bits per heavy atom. The molecule has 148 valence electrons. The van der Waals surface area contributed by atoms with Crippen molar-refractivity contribution in [1.29, 1.82) is 0 Å². The van der Waals surface area contributed by atoms with Crippen molar-refractivity contribution < 1.29 is 17.9 Å². The van der Waals surface area contributed by atoms with Crippen molar-refractivity contribution in [2.75, 3.05) is 13.1 Å². The number of nitrogens with zero attached hydrogens (tertiary/aromatic N) is 1. The Morgan fingerprint density at radius 2 is 1.61 bits per heavy atom. The van der Waals surface area contributed by atoms with Crippen LogP contribution in [0.1, 0.15) is 46.3 Å². The number of carbonyl (C=O) groups excluding carboxylic acids is 1. The van der Waals surface area contributed by atoms with Gasteiger partial charge in [-0.05, 0) is 44.0 Å². The molecular formula is C22H25NO4S. The van der Waals surface area contributed by atoms with Gasteiger partial charge in [-0.15, -0.1) is 0 Å². The molecule has 0 aliphatic carbocycles. The first-order chi connectivity index (χ1) is 13.2. The van der Waals surface area contributed by atoms with Gasteiger partial charge in [0, 0.05) is 25.9 Å². The van der Waals surface area contributed by atoms with Gasteiger partial charge in [-0.1, -0.05) is 29.8 Å². The Bertz CT molecular complexity index is 1030. The zero-order valence-corrected chi connectivity index (χ0v) is 17.3. The van der Waals surface area contributed by atoms with E-state index >= 15 is 0 Å². The topological polar surface area (TPSA) is 63.7 Å². The van der Waals surface area contributed by atoms with Crippen molar-refractivity contribution in [2.45, 2.75) is 50.5 Å². The van der Waals surface area contributed by atoms with Crippen LogP contribution in [0.4, 0.5) is 0 Å². The summed E-state index contributed by atoms with van der Waals surface area (Å²) in [7, 11) is -3.58. The molecule has 1 fully saturated rings. The van der Waals surface area contributed by atoms with E-state index in [1.165, 1.54) is 4.31 Å². The fourth-order valence-corrected chi connectivity index (χ4v) is 6.41. The summed E-state index contributed by atoms with van der Waals surface area (Å²) in [5.74, 6) is 0.684. The minimum Gasteiger partial charge on any atom is -0.486 e. The van der Waals surface area contributed by atoms with E-state index in [-0.39, 0.29) is 5.78 Å². The number of hydrogen-bond acceptors (Lipinski definition) is 4. The molecule has 1 saturated heterocycles. The molecule has 2 aromatic carbocycles. The van der Waals surface area contributed by atoms with Crippen LogP contribution in [-0.4, -0.2) is 37.2 Å². The molecule has 0 unspecified atom stereocenters. The molecule has 0 N–H and O–H groups in total. The van der Waals surface area contributed by atoms with Gasteiger partial charge < -0.3 is 4.74 Å². The first-order valence-electron chi connectivity index (χ1n) is 9.61. The molecule has 0 radical (unpaired) electrons. The van der Waals surface area contributed by atoms with Crippen molar-refractivity contribution >= 4 is 15.8 Å². The second kappa shape index (κ2) is 6.71. The number of ketones is 1. The highest BCUT2D eigenvalue weighted by Crippen LogP contribution is 2.40. The molecule has 4 rings (SSSR count). The quantitative estimate of drug-likeness (QED) is 0.771. The molecule has 0 amide bonds. The van der Waals surface area contributed by atoms with Gasteiger partial charge in [0.15, 0.2) is 5.78 Å². The van der Waals surface area contributed by atoms with Crippen LogP contribution >= 0.6 is 0 Å². The van der Waals surface area contributed by atoms with Crippen LogP contribution in [0, 0.1) is 20.8 Å². The van der Waals surface area contributed by atoms with E-state index < -0.39 is 15.6 Å². The van der Waals surface area contributed by atoms with Gasteiger partial charge in [0.25, 0.3) is 0 Å². The molecule has 2 aromatic rings. The highest BCUT2D eigenvalue weighted by atomic mass is 32.2. The minimum absolute atomic E-state index is 0.0726.